The molecular weight excluding hydrogens is 438 g/mol. The van der Waals surface area contributed by atoms with Gasteiger partial charge in [0.1, 0.15) is 6.61 Å². The minimum atomic E-state index is -0.831. The Hall–Kier alpha value is -2.87. The molecule has 0 aliphatic rings. The van der Waals surface area contributed by atoms with Crippen molar-refractivity contribution in [2.24, 2.45) is 11.0 Å². The summed E-state index contributed by atoms with van der Waals surface area (Å²) in [5.74, 6) is -0.292. The van der Waals surface area contributed by atoms with Gasteiger partial charge in [-0.25, -0.2) is 5.43 Å². The van der Waals surface area contributed by atoms with Gasteiger partial charge in [-0.2, -0.15) is 5.10 Å². The van der Waals surface area contributed by atoms with Crippen LogP contribution in [0.25, 0.3) is 0 Å². The van der Waals surface area contributed by atoms with Crippen molar-refractivity contribution in [1.82, 2.24) is 10.7 Å². The first-order valence-electron chi connectivity index (χ1n) is 9.06. The van der Waals surface area contributed by atoms with Crippen LogP contribution in [0, 0.1) is 5.92 Å². The molecule has 0 unspecified atom stereocenters. The van der Waals surface area contributed by atoms with E-state index >= 15 is 0 Å². The third-order valence-corrected chi connectivity index (χ3v) is 4.30. The average molecular weight is 462 g/mol. The minimum Gasteiger partial charge on any atom is -0.493 e. The van der Waals surface area contributed by atoms with Gasteiger partial charge >= 0.3 is 11.8 Å². The van der Waals surface area contributed by atoms with Crippen molar-refractivity contribution in [3.63, 3.8) is 0 Å². The summed E-state index contributed by atoms with van der Waals surface area (Å²) in [6.45, 7) is 4.63. The molecule has 0 saturated carbocycles. The van der Waals surface area contributed by atoms with E-state index in [1.54, 1.807) is 25.3 Å². The number of nitrogens with one attached hydrogen (secondary N) is 2. The molecule has 0 radical (unpaired) electrons. The predicted octanol–water partition coefficient (Wildman–Crippen LogP) is 3.26. The summed E-state index contributed by atoms with van der Waals surface area (Å²) in [7, 11) is 1.55. The smallest absolute Gasteiger partial charge is 0.329 e. The molecule has 0 spiro atoms. The zero-order valence-electron chi connectivity index (χ0n) is 16.6. The Morgan fingerprint density at radius 1 is 1.14 bits per heavy atom. The number of para-hydroxylation sites is 1. The SMILES string of the molecule is COc1cccc(/C=N\NC(=O)C(=O)NCC(C)C)c1OCc1ccc(Br)cc1. The Kier molecular flexibility index (Phi) is 8.67. The van der Waals surface area contributed by atoms with Crippen LogP contribution in [-0.2, 0) is 16.2 Å². The van der Waals surface area contributed by atoms with E-state index in [1.165, 1.54) is 6.21 Å². The predicted molar refractivity (Wildman–Crippen MR) is 115 cm³/mol. The number of hydrazone groups is 1. The monoisotopic (exact) mass is 461 g/mol. The molecule has 0 fully saturated rings. The zero-order valence-corrected chi connectivity index (χ0v) is 18.2. The lowest BCUT2D eigenvalue weighted by molar-refractivity contribution is -0.139. The van der Waals surface area contributed by atoms with Crippen molar-refractivity contribution in [3.05, 3.63) is 58.1 Å². The number of ether oxygens (including phenoxy) is 2. The van der Waals surface area contributed by atoms with Crippen LogP contribution in [0.2, 0.25) is 0 Å². The number of amides is 2. The van der Waals surface area contributed by atoms with Crippen molar-refractivity contribution in [1.29, 1.82) is 0 Å². The maximum absolute atomic E-state index is 11.8. The van der Waals surface area contributed by atoms with E-state index in [1.807, 2.05) is 38.1 Å². The van der Waals surface area contributed by atoms with Crippen LogP contribution in [0.3, 0.4) is 0 Å². The Bertz CT molecular complexity index is 867. The fourth-order valence-electron chi connectivity index (χ4n) is 2.27. The molecule has 0 atom stereocenters. The van der Waals surface area contributed by atoms with Crippen molar-refractivity contribution in [2.75, 3.05) is 13.7 Å². The van der Waals surface area contributed by atoms with Gasteiger partial charge in [-0.1, -0.05) is 48.0 Å². The number of benzene rings is 2. The third kappa shape index (κ3) is 7.23. The van der Waals surface area contributed by atoms with Gasteiger partial charge in [0.25, 0.3) is 0 Å². The van der Waals surface area contributed by atoms with E-state index in [-0.39, 0.29) is 5.92 Å². The Morgan fingerprint density at radius 3 is 2.52 bits per heavy atom. The van der Waals surface area contributed by atoms with E-state index < -0.39 is 11.8 Å². The van der Waals surface area contributed by atoms with Gasteiger partial charge in [-0.3, -0.25) is 9.59 Å². The molecule has 0 saturated heterocycles. The van der Waals surface area contributed by atoms with Crippen molar-refractivity contribution in [2.45, 2.75) is 20.5 Å². The van der Waals surface area contributed by atoms with Crippen LogP contribution < -0.4 is 20.2 Å². The first-order chi connectivity index (χ1) is 13.9. The van der Waals surface area contributed by atoms with E-state index in [9.17, 15) is 9.59 Å². The quantitative estimate of drug-likeness (QED) is 0.358. The summed E-state index contributed by atoms with van der Waals surface area (Å²) in [6.07, 6.45) is 1.41. The topological polar surface area (TPSA) is 89.0 Å². The second kappa shape index (κ2) is 11.2. The molecule has 0 bridgehead atoms. The van der Waals surface area contributed by atoms with Gasteiger partial charge in [0, 0.05) is 16.6 Å². The summed E-state index contributed by atoms with van der Waals surface area (Å²) in [5.41, 5.74) is 3.80. The Labute approximate surface area is 178 Å². The molecule has 154 valence electrons. The molecule has 7 nitrogen and oxygen atoms in total. The van der Waals surface area contributed by atoms with Gasteiger partial charge in [0.2, 0.25) is 0 Å². The minimum absolute atomic E-state index is 0.248. The molecule has 2 amide bonds. The van der Waals surface area contributed by atoms with Crippen LogP contribution in [0.1, 0.15) is 25.0 Å². The summed E-state index contributed by atoms with van der Waals surface area (Å²) in [6, 6.07) is 13.1. The molecule has 0 aromatic heterocycles. The summed E-state index contributed by atoms with van der Waals surface area (Å²) in [4.78, 5) is 23.5. The highest BCUT2D eigenvalue weighted by molar-refractivity contribution is 9.10. The average Bonchev–Trinajstić information content (AvgIpc) is 2.71. The summed E-state index contributed by atoms with van der Waals surface area (Å²) >= 11 is 3.40. The largest absolute Gasteiger partial charge is 0.493 e. The van der Waals surface area contributed by atoms with Crippen LogP contribution >= 0.6 is 15.9 Å². The maximum atomic E-state index is 11.8. The molecule has 2 rings (SSSR count). The first-order valence-corrected chi connectivity index (χ1v) is 9.85. The highest BCUT2D eigenvalue weighted by Gasteiger charge is 2.13. The standard InChI is InChI=1S/C21H24BrN3O4/c1-14(2)11-23-20(26)21(27)25-24-12-16-5-4-6-18(28-3)19(16)29-13-15-7-9-17(22)10-8-15/h4-10,12,14H,11,13H2,1-3H3,(H,23,26)(H,25,27)/b24-12-. The maximum Gasteiger partial charge on any atom is 0.329 e. The van der Waals surface area contributed by atoms with E-state index in [0.29, 0.717) is 30.2 Å². The normalized spacial score (nSPS) is 10.8. The lowest BCUT2D eigenvalue weighted by Crippen LogP contribution is -2.39. The van der Waals surface area contributed by atoms with E-state index in [4.69, 9.17) is 9.47 Å². The molecule has 8 heteroatoms. The van der Waals surface area contributed by atoms with Crippen LogP contribution in [-0.4, -0.2) is 31.7 Å². The number of hydrogen-bond donors (Lipinski definition) is 2. The second-order valence-electron chi connectivity index (χ2n) is 6.60. The number of carbonyl (C=O) groups excluding carboxylic acids is 2. The molecule has 0 aliphatic heterocycles. The lowest BCUT2D eigenvalue weighted by atomic mass is 10.2. The van der Waals surface area contributed by atoms with Crippen molar-refractivity contribution in [3.8, 4) is 11.5 Å². The third-order valence-electron chi connectivity index (χ3n) is 3.77. The molecule has 29 heavy (non-hydrogen) atoms. The number of rotatable bonds is 8. The van der Waals surface area contributed by atoms with Crippen LogP contribution in [0.4, 0.5) is 0 Å². The fourth-order valence-corrected chi connectivity index (χ4v) is 2.54. The van der Waals surface area contributed by atoms with Gasteiger partial charge in [0.15, 0.2) is 11.5 Å². The Balaban J connectivity index is 2.05. The molecule has 2 N–H and O–H groups in total. The van der Waals surface area contributed by atoms with Crippen molar-refractivity contribution < 1.29 is 19.1 Å². The fraction of sp³-hybridized carbons (Fsp3) is 0.286. The van der Waals surface area contributed by atoms with Crippen LogP contribution in [0.5, 0.6) is 11.5 Å². The number of hydrogen-bond acceptors (Lipinski definition) is 5. The van der Waals surface area contributed by atoms with Gasteiger partial charge in [0.05, 0.1) is 13.3 Å². The van der Waals surface area contributed by atoms with Gasteiger partial charge in [-0.05, 0) is 35.7 Å². The number of halogens is 1. The lowest BCUT2D eigenvalue weighted by Gasteiger charge is -2.13. The summed E-state index contributed by atoms with van der Waals surface area (Å²) < 4.78 is 12.3. The zero-order chi connectivity index (χ0) is 21.2. The highest BCUT2D eigenvalue weighted by Crippen LogP contribution is 2.31. The molecule has 0 heterocycles. The summed E-state index contributed by atoms with van der Waals surface area (Å²) in [5, 5.41) is 6.39. The van der Waals surface area contributed by atoms with Gasteiger partial charge in [-0.15, -0.1) is 0 Å². The second-order valence-corrected chi connectivity index (χ2v) is 7.51. The van der Waals surface area contributed by atoms with Gasteiger partial charge < -0.3 is 14.8 Å². The molecule has 2 aromatic rings. The molecule has 2 aromatic carbocycles. The first kappa shape index (κ1) is 22.4. The van der Waals surface area contributed by atoms with E-state index in [0.717, 1.165) is 10.0 Å². The molecular formula is C21H24BrN3O4. The Morgan fingerprint density at radius 2 is 1.86 bits per heavy atom. The number of methoxy groups -OCH3 is 1. The van der Waals surface area contributed by atoms with E-state index in [2.05, 4.69) is 31.8 Å². The van der Waals surface area contributed by atoms with Crippen molar-refractivity contribution >= 4 is 34.0 Å². The number of carbonyl (C=O) groups is 2. The molecule has 0 aliphatic carbocycles. The van der Waals surface area contributed by atoms with Crippen LogP contribution in [0.15, 0.2) is 52.0 Å². The number of nitrogens with zero attached hydrogens (tertiary/aromatic N) is 1. The highest BCUT2D eigenvalue weighted by atomic mass is 79.9.